The van der Waals surface area contributed by atoms with Gasteiger partial charge in [-0.3, -0.25) is 4.79 Å². The van der Waals surface area contributed by atoms with Crippen LogP contribution in [-0.4, -0.2) is 22.1 Å². The van der Waals surface area contributed by atoms with E-state index in [-0.39, 0.29) is 27.6 Å². The largest absolute Gasteiger partial charge is 0.508 e. The van der Waals surface area contributed by atoms with Gasteiger partial charge in [0.05, 0.1) is 21.8 Å². The van der Waals surface area contributed by atoms with E-state index in [1.165, 1.54) is 24.3 Å². The van der Waals surface area contributed by atoms with Gasteiger partial charge < -0.3 is 15.5 Å². The zero-order valence-electron chi connectivity index (χ0n) is 11.1. The van der Waals surface area contributed by atoms with Crippen LogP contribution in [0.3, 0.4) is 0 Å². The van der Waals surface area contributed by atoms with Crippen molar-refractivity contribution in [3.63, 3.8) is 0 Å². The van der Waals surface area contributed by atoms with E-state index < -0.39 is 11.9 Å². The van der Waals surface area contributed by atoms with E-state index in [0.29, 0.717) is 5.56 Å². The van der Waals surface area contributed by atoms with Gasteiger partial charge in [0.25, 0.3) is 5.91 Å². The van der Waals surface area contributed by atoms with Crippen LogP contribution in [0.5, 0.6) is 5.75 Å². The number of nitrogens with one attached hydrogen (secondary N) is 1. The Morgan fingerprint density at radius 2 is 1.86 bits per heavy atom. The Balaban J connectivity index is 2.41. The molecule has 0 unspecified atom stereocenters. The Morgan fingerprint density at radius 1 is 1.14 bits per heavy atom. The second-order valence-corrected chi connectivity index (χ2v) is 4.83. The minimum atomic E-state index is -1.14. The number of anilines is 1. The number of carboxylic acids is 1. The number of carbonyl (C=O) groups excluding carboxylic acids is 1. The number of carbonyl (C=O) groups is 2. The molecule has 108 valence electrons. The second-order valence-electron chi connectivity index (χ2n) is 4.42. The molecule has 1 amide bonds. The Morgan fingerprint density at radius 3 is 2.52 bits per heavy atom. The summed E-state index contributed by atoms with van der Waals surface area (Å²) in [5, 5.41) is 21.3. The van der Waals surface area contributed by atoms with Crippen LogP contribution in [0.15, 0.2) is 36.4 Å². The molecule has 0 aliphatic rings. The Bertz CT molecular complexity index is 728. The first-order valence-electron chi connectivity index (χ1n) is 6.03. The summed E-state index contributed by atoms with van der Waals surface area (Å²) in [7, 11) is 0. The minimum Gasteiger partial charge on any atom is -0.508 e. The predicted molar refractivity (Wildman–Crippen MR) is 79.2 cm³/mol. The smallest absolute Gasteiger partial charge is 0.337 e. The first-order chi connectivity index (χ1) is 9.90. The van der Waals surface area contributed by atoms with Gasteiger partial charge in [0.2, 0.25) is 0 Å². The van der Waals surface area contributed by atoms with Crippen LogP contribution in [0.25, 0.3) is 0 Å². The van der Waals surface area contributed by atoms with E-state index in [0.717, 1.165) is 0 Å². The number of para-hydroxylation sites is 1. The zero-order chi connectivity index (χ0) is 15.6. The van der Waals surface area contributed by atoms with Crippen molar-refractivity contribution in [3.8, 4) is 5.75 Å². The van der Waals surface area contributed by atoms with Crippen molar-refractivity contribution in [2.75, 3.05) is 5.32 Å². The Kier molecular flexibility index (Phi) is 4.14. The van der Waals surface area contributed by atoms with E-state index >= 15 is 0 Å². The number of halogens is 1. The van der Waals surface area contributed by atoms with E-state index in [1.54, 1.807) is 19.1 Å². The van der Waals surface area contributed by atoms with E-state index in [1.807, 2.05) is 0 Å². The van der Waals surface area contributed by atoms with Crippen LogP contribution >= 0.6 is 11.6 Å². The average Bonchev–Trinajstić information content (AvgIpc) is 2.43. The fourth-order valence-electron chi connectivity index (χ4n) is 1.88. The maximum atomic E-state index is 12.2. The van der Waals surface area contributed by atoms with Gasteiger partial charge in [-0.05, 0) is 36.8 Å². The zero-order valence-corrected chi connectivity index (χ0v) is 11.8. The fraction of sp³-hybridized carbons (Fsp3) is 0.0667. The molecule has 0 aliphatic carbocycles. The number of aryl methyl sites for hydroxylation is 1. The first-order valence-corrected chi connectivity index (χ1v) is 6.40. The molecule has 2 aromatic rings. The molecule has 3 N–H and O–H groups in total. The van der Waals surface area contributed by atoms with E-state index in [4.69, 9.17) is 16.7 Å². The third kappa shape index (κ3) is 3.14. The van der Waals surface area contributed by atoms with Gasteiger partial charge in [-0.15, -0.1) is 0 Å². The Labute approximate surface area is 125 Å². The first kappa shape index (κ1) is 14.9. The van der Waals surface area contributed by atoms with Crippen molar-refractivity contribution in [1.29, 1.82) is 0 Å². The summed E-state index contributed by atoms with van der Waals surface area (Å²) >= 11 is 5.91. The topological polar surface area (TPSA) is 86.6 Å². The number of aromatic carboxylic acids is 1. The molecule has 5 nitrogen and oxygen atoms in total. The van der Waals surface area contributed by atoms with Crippen molar-refractivity contribution in [2.45, 2.75) is 6.92 Å². The number of rotatable bonds is 3. The number of hydrogen-bond donors (Lipinski definition) is 3. The minimum absolute atomic E-state index is 0.0142. The van der Waals surface area contributed by atoms with Gasteiger partial charge in [-0.1, -0.05) is 23.7 Å². The van der Waals surface area contributed by atoms with Crippen LogP contribution in [0.2, 0.25) is 5.02 Å². The molecule has 0 aromatic heterocycles. The molecule has 0 aliphatic heterocycles. The van der Waals surface area contributed by atoms with Crippen molar-refractivity contribution >= 4 is 29.2 Å². The molecule has 2 aromatic carbocycles. The van der Waals surface area contributed by atoms with E-state index in [9.17, 15) is 14.7 Å². The van der Waals surface area contributed by atoms with Crippen LogP contribution in [0, 0.1) is 6.92 Å². The summed E-state index contributed by atoms with van der Waals surface area (Å²) < 4.78 is 0. The highest BCUT2D eigenvalue weighted by atomic mass is 35.5. The average molecular weight is 306 g/mol. The number of phenolic OH excluding ortho intramolecular Hbond substituents is 1. The highest BCUT2D eigenvalue weighted by molar-refractivity contribution is 6.34. The number of phenols is 1. The standard InChI is InChI=1S/C15H12ClNO4/c1-8-3-2-4-10(15(20)21)13(8)17-14(19)11-7-9(18)5-6-12(11)16/h2-7,18H,1H3,(H,17,19)(H,20,21). The highest BCUT2D eigenvalue weighted by Gasteiger charge is 2.17. The summed E-state index contributed by atoms with van der Waals surface area (Å²) in [4.78, 5) is 23.4. The van der Waals surface area contributed by atoms with Gasteiger partial charge in [0, 0.05) is 0 Å². The van der Waals surface area contributed by atoms with Gasteiger partial charge in [-0.25, -0.2) is 4.79 Å². The summed E-state index contributed by atoms with van der Waals surface area (Å²) in [5.41, 5.74) is 0.866. The van der Waals surface area contributed by atoms with Crippen LogP contribution in [-0.2, 0) is 0 Å². The lowest BCUT2D eigenvalue weighted by molar-refractivity contribution is 0.0698. The van der Waals surface area contributed by atoms with Gasteiger partial charge in [0.1, 0.15) is 5.75 Å². The summed E-state index contributed by atoms with van der Waals surface area (Å²) in [6.45, 7) is 1.69. The maximum Gasteiger partial charge on any atom is 0.337 e. The number of amides is 1. The predicted octanol–water partition coefficient (Wildman–Crippen LogP) is 3.30. The molecular weight excluding hydrogens is 294 g/mol. The van der Waals surface area contributed by atoms with E-state index in [2.05, 4.69) is 5.32 Å². The fourth-order valence-corrected chi connectivity index (χ4v) is 2.08. The lowest BCUT2D eigenvalue weighted by Crippen LogP contribution is -2.16. The molecule has 0 saturated heterocycles. The monoisotopic (exact) mass is 305 g/mol. The van der Waals surface area contributed by atoms with Crippen LogP contribution in [0.4, 0.5) is 5.69 Å². The van der Waals surface area contributed by atoms with Gasteiger partial charge in [0.15, 0.2) is 0 Å². The lowest BCUT2D eigenvalue weighted by Gasteiger charge is -2.12. The lowest BCUT2D eigenvalue weighted by atomic mass is 10.1. The van der Waals surface area contributed by atoms with Crippen molar-refractivity contribution < 1.29 is 19.8 Å². The van der Waals surface area contributed by atoms with Gasteiger partial charge >= 0.3 is 5.97 Å². The summed E-state index contributed by atoms with van der Waals surface area (Å²) in [5.74, 6) is -1.84. The molecule has 0 atom stereocenters. The molecule has 0 bridgehead atoms. The SMILES string of the molecule is Cc1cccc(C(=O)O)c1NC(=O)c1cc(O)ccc1Cl. The van der Waals surface area contributed by atoms with Gasteiger partial charge in [-0.2, -0.15) is 0 Å². The molecular formula is C15H12ClNO4. The van der Waals surface area contributed by atoms with Crippen molar-refractivity contribution in [1.82, 2.24) is 0 Å². The molecule has 0 heterocycles. The summed E-state index contributed by atoms with van der Waals surface area (Å²) in [6, 6.07) is 8.64. The normalized spacial score (nSPS) is 10.2. The van der Waals surface area contributed by atoms with Crippen LogP contribution < -0.4 is 5.32 Å². The van der Waals surface area contributed by atoms with Crippen molar-refractivity contribution in [3.05, 3.63) is 58.1 Å². The number of hydrogen-bond acceptors (Lipinski definition) is 3. The van der Waals surface area contributed by atoms with Crippen LogP contribution in [0.1, 0.15) is 26.3 Å². The number of carboxylic acid groups (broad SMARTS) is 1. The van der Waals surface area contributed by atoms with Crippen molar-refractivity contribution in [2.24, 2.45) is 0 Å². The molecule has 0 saturated carbocycles. The number of aromatic hydroxyl groups is 1. The third-order valence-electron chi connectivity index (χ3n) is 2.94. The molecule has 0 spiro atoms. The molecule has 2 rings (SSSR count). The number of benzene rings is 2. The third-order valence-corrected chi connectivity index (χ3v) is 3.27. The highest BCUT2D eigenvalue weighted by Crippen LogP contribution is 2.25. The molecule has 6 heteroatoms. The molecule has 0 fully saturated rings. The summed E-state index contributed by atoms with van der Waals surface area (Å²) in [6.07, 6.45) is 0. The Hall–Kier alpha value is -2.53. The second kappa shape index (κ2) is 5.85. The molecule has 0 radical (unpaired) electrons. The maximum absolute atomic E-state index is 12.2. The molecule has 21 heavy (non-hydrogen) atoms. The quantitative estimate of drug-likeness (QED) is 0.812.